The predicted molar refractivity (Wildman–Crippen MR) is 53.4 cm³/mol. The van der Waals surface area contributed by atoms with Gasteiger partial charge in [0.05, 0.1) is 12.5 Å². The van der Waals surface area contributed by atoms with Crippen molar-refractivity contribution in [2.45, 2.75) is 25.8 Å². The number of ether oxygens (including phenoxy) is 1. The first kappa shape index (κ1) is 12.0. The van der Waals surface area contributed by atoms with Gasteiger partial charge in [-0.15, -0.1) is 0 Å². The second-order valence-electron chi connectivity index (χ2n) is 3.77. The average Bonchev–Trinajstić information content (AvgIpc) is 2.69. The highest BCUT2D eigenvalue weighted by Gasteiger charge is 2.31. The maximum absolute atomic E-state index is 11.8. The molecule has 1 heterocycles. The van der Waals surface area contributed by atoms with Crippen LogP contribution in [0.3, 0.4) is 0 Å². The van der Waals surface area contributed by atoms with Crippen LogP contribution in [-0.2, 0) is 14.3 Å². The Labute approximate surface area is 89.0 Å². The van der Waals surface area contributed by atoms with E-state index in [4.69, 9.17) is 9.84 Å². The van der Waals surface area contributed by atoms with E-state index in [1.165, 1.54) is 4.90 Å². The molecular weight excluding hydrogens is 198 g/mol. The Morgan fingerprint density at radius 1 is 1.60 bits per heavy atom. The molecule has 0 saturated carbocycles. The van der Waals surface area contributed by atoms with E-state index in [9.17, 15) is 9.59 Å². The van der Waals surface area contributed by atoms with Crippen LogP contribution in [-0.4, -0.2) is 48.2 Å². The Bertz CT molecular complexity index is 248. The van der Waals surface area contributed by atoms with Crippen molar-refractivity contribution >= 4 is 11.9 Å². The zero-order valence-corrected chi connectivity index (χ0v) is 9.10. The van der Waals surface area contributed by atoms with Gasteiger partial charge in [-0.3, -0.25) is 4.79 Å². The van der Waals surface area contributed by atoms with E-state index in [0.717, 1.165) is 0 Å². The van der Waals surface area contributed by atoms with Gasteiger partial charge in [0.1, 0.15) is 6.04 Å². The van der Waals surface area contributed by atoms with Crippen LogP contribution < -0.4 is 0 Å². The number of nitrogens with zero attached hydrogens (tertiary/aromatic N) is 1. The number of carbonyl (C=O) groups excluding carboxylic acids is 1. The molecule has 0 bridgehead atoms. The monoisotopic (exact) mass is 215 g/mol. The molecule has 5 nitrogen and oxygen atoms in total. The fourth-order valence-electron chi connectivity index (χ4n) is 1.78. The highest BCUT2D eigenvalue weighted by Crippen LogP contribution is 2.17. The molecule has 1 fully saturated rings. The van der Waals surface area contributed by atoms with E-state index >= 15 is 0 Å². The van der Waals surface area contributed by atoms with Crippen molar-refractivity contribution < 1.29 is 19.4 Å². The summed E-state index contributed by atoms with van der Waals surface area (Å²) in [5, 5.41) is 8.91. The fourth-order valence-corrected chi connectivity index (χ4v) is 1.78. The van der Waals surface area contributed by atoms with Gasteiger partial charge in [-0.1, -0.05) is 6.92 Å². The molecule has 1 N–H and O–H groups in total. The van der Waals surface area contributed by atoms with Crippen LogP contribution in [0, 0.1) is 5.92 Å². The Kier molecular flexibility index (Phi) is 4.08. The lowest BCUT2D eigenvalue weighted by Crippen LogP contribution is -2.44. The Hall–Kier alpha value is -1.10. The van der Waals surface area contributed by atoms with Gasteiger partial charge in [0.2, 0.25) is 5.91 Å². The average molecular weight is 215 g/mol. The van der Waals surface area contributed by atoms with Gasteiger partial charge < -0.3 is 14.7 Å². The number of rotatable bonds is 4. The lowest BCUT2D eigenvalue weighted by Gasteiger charge is -2.25. The Balaban J connectivity index is 2.60. The maximum Gasteiger partial charge on any atom is 0.326 e. The van der Waals surface area contributed by atoms with Crippen molar-refractivity contribution in [2.75, 3.05) is 20.3 Å². The molecule has 0 aliphatic carbocycles. The zero-order valence-electron chi connectivity index (χ0n) is 9.10. The number of carboxylic acid groups (broad SMARTS) is 1. The van der Waals surface area contributed by atoms with Crippen molar-refractivity contribution in [1.29, 1.82) is 0 Å². The molecule has 0 aromatic heterocycles. The summed E-state index contributed by atoms with van der Waals surface area (Å²) in [5.74, 6) is -1.24. The standard InChI is InChI=1S/C10H17NO4/c1-3-8(10(13)14)11(2)9(12)7-4-5-15-6-7/h7-8H,3-6H2,1-2H3,(H,13,14). The summed E-state index contributed by atoms with van der Waals surface area (Å²) in [6.07, 6.45) is 1.12. The molecule has 15 heavy (non-hydrogen) atoms. The minimum Gasteiger partial charge on any atom is -0.480 e. The van der Waals surface area contributed by atoms with E-state index in [0.29, 0.717) is 26.1 Å². The Morgan fingerprint density at radius 2 is 2.27 bits per heavy atom. The fraction of sp³-hybridized carbons (Fsp3) is 0.800. The topological polar surface area (TPSA) is 66.8 Å². The summed E-state index contributed by atoms with van der Waals surface area (Å²) >= 11 is 0. The zero-order chi connectivity index (χ0) is 11.4. The summed E-state index contributed by atoms with van der Waals surface area (Å²) in [6.45, 7) is 2.76. The van der Waals surface area contributed by atoms with Gasteiger partial charge in [0.25, 0.3) is 0 Å². The van der Waals surface area contributed by atoms with Crippen molar-refractivity contribution in [3.05, 3.63) is 0 Å². The quantitative estimate of drug-likeness (QED) is 0.734. The number of hydrogen-bond donors (Lipinski definition) is 1. The molecule has 1 aliphatic heterocycles. The molecule has 0 aromatic rings. The van der Waals surface area contributed by atoms with E-state index in [2.05, 4.69) is 0 Å². The number of hydrogen-bond acceptors (Lipinski definition) is 3. The van der Waals surface area contributed by atoms with Crippen LogP contribution in [0.4, 0.5) is 0 Å². The summed E-state index contributed by atoms with van der Waals surface area (Å²) in [7, 11) is 1.54. The maximum atomic E-state index is 11.8. The van der Waals surface area contributed by atoms with Crippen LogP contribution in [0.2, 0.25) is 0 Å². The highest BCUT2D eigenvalue weighted by atomic mass is 16.5. The summed E-state index contributed by atoms with van der Waals surface area (Å²) in [5.41, 5.74) is 0. The molecule has 2 atom stereocenters. The molecule has 1 aliphatic rings. The van der Waals surface area contributed by atoms with Crippen LogP contribution >= 0.6 is 0 Å². The van der Waals surface area contributed by atoms with E-state index < -0.39 is 12.0 Å². The summed E-state index contributed by atoms with van der Waals surface area (Å²) in [4.78, 5) is 24.0. The normalized spacial score (nSPS) is 22.4. The van der Waals surface area contributed by atoms with Crippen LogP contribution in [0.1, 0.15) is 19.8 Å². The molecule has 0 aromatic carbocycles. The van der Waals surface area contributed by atoms with Gasteiger partial charge in [-0.2, -0.15) is 0 Å². The molecule has 0 spiro atoms. The number of carbonyl (C=O) groups is 2. The minimum atomic E-state index is -0.952. The van der Waals surface area contributed by atoms with Crippen LogP contribution in [0.5, 0.6) is 0 Å². The lowest BCUT2D eigenvalue weighted by molar-refractivity contribution is -0.150. The minimum absolute atomic E-state index is 0.123. The van der Waals surface area contributed by atoms with Crippen LogP contribution in [0.25, 0.3) is 0 Å². The number of carboxylic acids is 1. The van der Waals surface area contributed by atoms with Crippen molar-refractivity contribution in [3.63, 3.8) is 0 Å². The molecule has 1 rings (SSSR count). The summed E-state index contributed by atoms with van der Waals surface area (Å²) in [6, 6.07) is -0.724. The third-order valence-corrected chi connectivity index (χ3v) is 2.77. The Morgan fingerprint density at radius 3 is 2.67 bits per heavy atom. The molecule has 86 valence electrons. The number of amides is 1. The van der Waals surface area contributed by atoms with E-state index in [-0.39, 0.29) is 11.8 Å². The second-order valence-corrected chi connectivity index (χ2v) is 3.77. The van der Waals surface area contributed by atoms with E-state index in [1.54, 1.807) is 14.0 Å². The molecular formula is C10H17NO4. The van der Waals surface area contributed by atoms with Gasteiger partial charge in [0, 0.05) is 13.7 Å². The second kappa shape index (κ2) is 5.11. The number of likely N-dealkylation sites (N-methyl/N-ethyl adjacent to an activating group) is 1. The molecule has 1 saturated heterocycles. The first-order chi connectivity index (χ1) is 7.07. The van der Waals surface area contributed by atoms with E-state index in [1.807, 2.05) is 0 Å². The van der Waals surface area contributed by atoms with Crippen molar-refractivity contribution in [1.82, 2.24) is 4.90 Å². The largest absolute Gasteiger partial charge is 0.480 e. The third-order valence-electron chi connectivity index (χ3n) is 2.77. The molecule has 2 unspecified atom stereocenters. The summed E-state index contributed by atoms with van der Waals surface area (Å²) < 4.78 is 5.11. The van der Waals surface area contributed by atoms with Gasteiger partial charge in [-0.05, 0) is 12.8 Å². The molecule has 0 radical (unpaired) electrons. The van der Waals surface area contributed by atoms with Gasteiger partial charge >= 0.3 is 5.97 Å². The lowest BCUT2D eigenvalue weighted by atomic mass is 10.1. The van der Waals surface area contributed by atoms with Crippen molar-refractivity contribution in [3.8, 4) is 0 Å². The SMILES string of the molecule is CCC(C(=O)O)N(C)C(=O)C1CCOC1. The highest BCUT2D eigenvalue weighted by molar-refractivity contribution is 5.85. The van der Waals surface area contributed by atoms with Gasteiger partial charge in [-0.25, -0.2) is 4.79 Å². The molecule has 1 amide bonds. The van der Waals surface area contributed by atoms with Crippen molar-refractivity contribution in [2.24, 2.45) is 5.92 Å². The number of aliphatic carboxylic acids is 1. The first-order valence-electron chi connectivity index (χ1n) is 5.15. The first-order valence-corrected chi connectivity index (χ1v) is 5.15. The molecule has 5 heteroatoms. The van der Waals surface area contributed by atoms with Crippen LogP contribution in [0.15, 0.2) is 0 Å². The smallest absolute Gasteiger partial charge is 0.326 e. The third kappa shape index (κ3) is 2.68. The predicted octanol–water partition coefficient (Wildman–Crippen LogP) is 0.345. The van der Waals surface area contributed by atoms with Gasteiger partial charge in [0.15, 0.2) is 0 Å².